The molecule has 1 heterocycles. The van der Waals surface area contributed by atoms with Crippen molar-refractivity contribution < 1.29 is 18.3 Å². The lowest BCUT2D eigenvalue weighted by molar-refractivity contribution is 0.0972. The number of rotatable bonds is 9. The van der Waals surface area contributed by atoms with Crippen molar-refractivity contribution in [1.29, 1.82) is 0 Å². The maximum atomic E-state index is 13.7. The van der Waals surface area contributed by atoms with Crippen molar-refractivity contribution in [1.82, 2.24) is 10.6 Å². The van der Waals surface area contributed by atoms with E-state index in [-0.39, 0.29) is 54.0 Å². The first-order valence-corrected chi connectivity index (χ1v) is 8.85. The minimum atomic E-state index is -0.619. The fourth-order valence-electron chi connectivity index (χ4n) is 2.29. The number of halogens is 2. The predicted octanol–water partition coefficient (Wildman–Crippen LogP) is 3.05. The van der Waals surface area contributed by atoms with Crippen LogP contribution < -0.4 is 21.1 Å². The van der Waals surface area contributed by atoms with Crippen LogP contribution in [0.1, 0.15) is 36.6 Å². The molecule has 4 N–H and O–H groups in total. The number of carbonyl (C=O) groups excluding carboxylic acids is 1. The van der Waals surface area contributed by atoms with Gasteiger partial charge in [-0.05, 0) is 37.6 Å². The maximum Gasteiger partial charge on any atom is 0.284 e. The Morgan fingerprint density at radius 2 is 2.00 bits per heavy atom. The highest BCUT2D eigenvalue weighted by molar-refractivity contribution is 14.0. The lowest BCUT2D eigenvalue weighted by atomic mass is 10.2. The quantitative estimate of drug-likeness (QED) is 0.277. The van der Waals surface area contributed by atoms with Crippen molar-refractivity contribution in [2.24, 2.45) is 10.7 Å². The van der Waals surface area contributed by atoms with Crippen LogP contribution in [0.5, 0.6) is 5.75 Å². The summed E-state index contributed by atoms with van der Waals surface area (Å²) in [6.45, 7) is 5.27. The molecule has 1 aromatic heterocycles. The summed E-state index contributed by atoms with van der Waals surface area (Å²) < 4.78 is 24.8. The molecule has 0 aliphatic heterocycles. The highest BCUT2D eigenvalue weighted by Gasteiger charge is 2.12. The van der Waals surface area contributed by atoms with Crippen LogP contribution in [-0.4, -0.2) is 31.1 Å². The summed E-state index contributed by atoms with van der Waals surface area (Å²) in [5, 5.41) is 6.28. The van der Waals surface area contributed by atoms with Crippen molar-refractivity contribution in [2.45, 2.75) is 32.9 Å². The Morgan fingerprint density at radius 1 is 1.25 bits per heavy atom. The first-order valence-electron chi connectivity index (χ1n) is 8.85. The topological polar surface area (TPSA) is 102 Å². The van der Waals surface area contributed by atoms with Crippen molar-refractivity contribution in [3.8, 4) is 5.75 Å². The Bertz CT molecular complexity index is 782. The second-order valence-electron chi connectivity index (χ2n) is 5.78. The molecule has 0 bridgehead atoms. The van der Waals surface area contributed by atoms with Crippen LogP contribution in [0.2, 0.25) is 0 Å². The van der Waals surface area contributed by atoms with Gasteiger partial charge in [-0.15, -0.1) is 24.0 Å². The molecule has 154 valence electrons. The number of primary amides is 1. The van der Waals surface area contributed by atoms with Crippen molar-refractivity contribution in [3.05, 3.63) is 53.7 Å². The number of hydrogen-bond acceptors (Lipinski definition) is 4. The zero-order chi connectivity index (χ0) is 19.6. The SMILES string of the molecule is CCNC(=NCc1ccc(C(N)=O)o1)NCC(CC)Oc1ccccc1F.I. The number of aliphatic imine (C=N–C) groups is 1. The van der Waals surface area contributed by atoms with Gasteiger partial charge in [-0.1, -0.05) is 19.1 Å². The lowest BCUT2D eigenvalue weighted by Crippen LogP contribution is -2.42. The third kappa shape index (κ3) is 7.37. The normalized spacial score (nSPS) is 12.0. The highest BCUT2D eigenvalue weighted by atomic mass is 127. The largest absolute Gasteiger partial charge is 0.486 e. The van der Waals surface area contributed by atoms with E-state index in [1.54, 1.807) is 24.3 Å². The van der Waals surface area contributed by atoms with Gasteiger partial charge in [0.2, 0.25) is 0 Å². The van der Waals surface area contributed by atoms with Gasteiger partial charge < -0.3 is 25.5 Å². The van der Waals surface area contributed by atoms with Gasteiger partial charge in [0.25, 0.3) is 5.91 Å². The zero-order valence-corrected chi connectivity index (χ0v) is 18.2. The molecule has 2 rings (SSSR count). The number of guanidine groups is 1. The highest BCUT2D eigenvalue weighted by Crippen LogP contribution is 2.17. The van der Waals surface area contributed by atoms with E-state index in [1.807, 2.05) is 13.8 Å². The van der Waals surface area contributed by atoms with E-state index < -0.39 is 5.91 Å². The van der Waals surface area contributed by atoms with Crippen molar-refractivity contribution in [3.63, 3.8) is 0 Å². The van der Waals surface area contributed by atoms with Crippen molar-refractivity contribution in [2.75, 3.05) is 13.1 Å². The average Bonchev–Trinajstić information content (AvgIpc) is 3.13. The third-order valence-electron chi connectivity index (χ3n) is 3.72. The molecule has 2 aromatic rings. The fraction of sp³-hybridized carbons (Fsp3) is 0.368. The van der Waals surface area contributed by atoms with Crippen LogP contribution in [-0.2, 0) is 6.54 Å². The van der Waals surface area contributed by atoms with E-state index in [1.165, 1.54) is 12.1 Å². The van der Waals surface area contributed by atoms with Gasteiger partial charge in [-0.2, -0.15) is 0 Å². The summed E-state index contributed by atoms with van der Waals surface area (Å²) in [5.74, 6) is 0.400. The molecule has 0 saturated carbocycles. The van der Waals surface area contributed by atoms with E-state index in [2.05, 4.69) is 15.6 Å². The minimum absolute atomic E-state index is 0. The molecule has 1 amide bonds. The number of benzene rings is 1. The summed E-state index contributed by atoms with van der Waals surface area (Å²) in [6.07, 6.45) is 0.469. The second kappa shape index (κ2) is 12.2. The molecule has 0 saturated heterocycles. The van der Waals surface area contributed by atoms with Crippen LogP contribution >= 0.6 is 24.0 Å². The second-order valence-corrected chi connectivity index (χ2v) is 5.78. The first kappa shape index (κ1) is 23.7. The molecule has 9 heteroatoms. The average molecular weight is 504 g/mol. The summed E-state index contributed by atoms with van der Waals surface area (Å²) in [6, 6.07) is 9.49. The van der Waals surface area contributed by atoms with Gasteiger partial charge in [0.15, 0.2) is 23.3 Å². The molecule has 1 unspecified atom stereocenters. The number of ether oxygens (including phenoxy) is 1. The third-order valence-corrected chi connectivity index (χ3v) is 3.72. The van der Waals surface area contributed by atoms with Gasteiger partial charge in [0.1, 0.15) is 18.4 Å². The molecule has 0 aliphatic rings. The maximum absolute atomic E-state index is 13.7. The Balaban J connectivity index is 0.00000392. The minimum Gasteiger partial charge on any atom is -0.486 e. The standard InChI is InChI=1S/C19H25FN4O3.HI/c1-3-13(26-16-8-6-5-7-15(16)20)11-23-19(22-4-2)24-12-14-9-10-17(27-14)18(21)25;/h5-10,13H,3-4,11-12H2,1-2H3,(H2,21,25)(H2,22,23,24);1H. The molecule has 0 aliphatic carbocycles. The van der Waals surface area contributed by atoms with E-state index in [0.717, 1.165) is 0 Å². The summed E-state index contributed by atoms with van der Waals surface area (Å²) in [7, 11) is 0. The monoisotopic (exact) mass is 504 g/mol. The van der Waals surface area contributed by atoms with E-state index in [0.29, 0.717) is 31.2 Å². The lowest BCUT2D eigenvalue weighted by Gasteiger charge is -2.20. The van der Waals surface area contributed by atoms with E-state index in [4.69, 9.17) is 14.9 Å². The summed E-state index contributed by atoms with van der Waals surface area (Å²) in [5.41, 5.74) is 5.17. The van der Waals surface area contributed by atoms with Gasteiger partial charge in [0, 0.05) is 6.54 Å². The molecule has 7 nitrogen and oxygen atoms in total. The molecule has 0 radical (unpaired) electrons. The Morgan fingerprint density at radius 3 is 2.61 bits per heavy atom. The number of furan rings is 1. The van der Waals surface area contributed by atoms with Crippen LogP contribution in [0.3, 0.4) is 0 Å². The number of nitrogens with zero attached hydrogens (tertiary/aromatic N) is 1. The molecule has 1 aromatic carbocycles. The van der Waals surface area contributed by atoms with Crippen molar-refractivity contribution >= 4 is 35.8 Å². The number of hydrogen-bond donors (Lipinski definition) is 3. The molecule has 0 fully saturated rings. The van der Waals surface area contributed by atoms with Gasteiger partial charge >= 0.3 is 0 Å². The molecular formula is C19H26FIN4O3. The number of amides is 1. The van der Waals surface area contributed by atoms with E-state index in [9.17, 15) is 9.18 Å². The number of nitrogens with one attached hydrogen (secondary N) is 2. The van der Waals surface area contributed by atoms with Crippen LogP contribution in [0.4, 0.5) is 4.39 Å². The summed E-state index contributed by atoms with van der Waals surface area (Å²) >= 11 is 0. The smallest absolute Gasteiger partial charge is 0.284 e. The fourth-order valence-corrected chi connectivity index (χ4v) is 2.29. The van der Waals surface area contributed by atoms with Gasteiger partial charge in [-0.3, -0.25) is 4.79 Å². The number of para-hydroxylation sites is 1. The molecule has 1 atom stereocenters. The Kier molecular flexibility index (Phi) is 10.4. The van der Waals surface area contributed by atoms with Gasteiger partial charge in [-0.25, -0.2) is 9.38 Å². The van der Waals surface area contributed by atoms with E-state index >= 15 is 0 Å². The van der Waals surface area contributed by atoms with Crippen LogP contribution in [0, 0.1) is 5.82 Å². The Labute approximate surface area is 180 Å². The first-order chi connectivity index (χ1) is 13.0. The number of carbonyl (C=O) groups is 1. The molecule has 0 spiro atoms. The van der Waals surface area contributed by atoms with Crippen LogP contribution in [0.15, 0.2) is 45.8 Å². The van der Waals surface area contributed by atoms with Crippen LogP contribution in [0.25, 0.3) is 0 Å². The predicted molar refractivity (Wildman–Crippen MR) is 117 cm³/mol. The Hall–Kier alpha value is -2.30. The zero-order valence-electron chi connectivity index (χ0n) is 15.9. The molecular weight excluding hydrogens is 478 g/mol. The molecule has 28 heavy (non-hydrogen) atoms. The van der Waals surface area contributed by atoms with Gasteiger partial charge in [0.05, 0.1) is 6.54 Å². The summed E-state index contributed by atoms with van der Waals surface area (Å²) in [4.78, 5) is 15.5. The number of nitrogens with two attached hydrogens (primary N) is 1.